The van der Waals surface area contributed by atoms with Crippen molar-refractivity contribution in [1.29, 1.82) is 0 Å². The zero-order chi connectivity index (χ0) is 22.9. The summed E-state index contributed by atoms with van der Waals surface area (Å²) in [6.45, 7) is 7.49. The van der Waals surface area contributed by atoms with E-state index in [0.29, 0.717) is 32.1 Å². The lowest BCUT2D eigenvalue weighted by Crippen LogP contribution is -2.58. The largest absolute Gasteiger partial charge is 0.338 e. The van der Waals surface area contributed by atoms with Crippen LogP contribution in [0.3, 0.4) is 0 Å². The van der Waals surface area contributed by atoms with Gasteiger partial charge in [0.15, 0.2) is 0 Å². The smallest absolute Gasteiger partial charge is 0.236 e. The van der Waals surface area contributed by atoms with Crippen LogP contribution in [0, 0.1) is 12.8 Å². The van der Waals surface area contributed by atoms with Gasteiger partial charge in [0.2, 0.25) is 11.8 Å². The van der Waals surface area contributed by atoms with Gasteiger partial charge in [0.1, 0.15) is 0 Å². The van der Waals surface area contributed by atoms with Crippen LogP contribution in [0.25, 0.3) is 0 Å². The van der Waals surface area contributed by atoms with Crippen LogP contribution < -0.4 is 0 Å². The molecule has 1 aliphatic carbocycles. The van der Waals surface area contributed by atoms with E-state index in [2.05, 4.69) is 54.5 Å². The lowest BCUT2D eigenvalue weighted by molar-refractivity contribution is -0.145. The van der Waals surface area contributed by atoms with Crippen LogP contribution in [0.15, 0.2) is 35.7 Å². The molecule has 5 nitrogen and oxygen atoms in total. The molecule has 1 saturated carbocycles. The van der Waals surface area contributed by atoms with Crippen LogP contribution in [0.1, 0.15) is 60.2 Å². The van der Waals surface area contributed by atoms with Gasteiger partial charge in [0, 0.05) is 43.0 Å². The van der Waals surface area contributed by atoms with Crippen molar-refractivity contribution in [2.45, 2.75) is 58.0 Å². The highest BCUT2D eigenvalue weighted by Gasteiger charge is 2.36. The lowest BCUT2D eigenvalue weighted by atomic mass is 9.92. The first kappa shape index (κ1) is 22.6. The Balaban J connectivity index is 1.27. The van der Waals surface area contributed by atoms with Crippen LogP contribution in [-0.2, 0) is 16.0 Å². The van der Waals surface area contributed by atoms with Crippen molar-refractivity contribution in [3.63, 3.8) is 0 Å². The van der Waals surface area contributed by atoms with Gasteiger partial charge in [-0.15, -0.1) is 11.3 Å². The number of rotatable bonds is 4. The van der Waals surface area contributed by atoms with Crippen molar-refractivity contribution in [2.24, 2.45) is 5.92 Å². The summed E-state index contributed by atoms with van der Waals surface area (Å²) in [5.41, 5.74) is 3.86. The molecule has 2 atom stereocenters. The van der Waals surface area contributed by atoms with E-state index in [1.165, 1.54) is 34.4 Å². The molecule has 2 aromatic rings. The molecule has 0 spiro atoms. The first-order valence-corrected chi connectivity index (χ1v) is 13.3. The predicted molar refractivity (Wildman–Crippen MR) is 132 cm³/mol. The van der Waals surface area contributed by atoms with Crippen LogP contribution in [0.2, 0.25) is 0 Å². The molecule has 0 radical (unpaired) electrons. The Hall–Kier alpha value is -2.18. The Labute approximate surface area is 201 Å². The topological polar surface area (TPSA) is 43.9 Å². The third-order valence-corrected chi connectivity index (χ3v) is 8.76. The summed E-state index contributed by atoms with van der Waals surface area (Å²) < 4.78 is 0. The van der Waals surface area contributed by atoms with Crippen LogP contribution in [0.4, 0.5) is 0 Å². The van der Waals surface area contributed by atoms with E-state index >= 15 is 0 Å². The van der Waals surface area contributed by atoms with Gasteiger partial charge in [-0.05, 0) is 55.7 Å². The quantitative estimate of drug-likeness (QED) is 0.678. The standard InChI is InChI=1S/C27H35N3O2S/c1-19-7-9-21(10-8-19)26-23-12-16-33-24(23)11-13-29(26)18-25(31)28-14-15-30(20(2)17-28)27(32)22-5-3-4-6-22/h7-10,12,16,20,22,26H,3-6,11,13-15,17-18H2,1-2H3. The first-order valence-electron chi connectivity index (χ1n) is 12.5. The van der Waals surface area contributed by atoms with Crippen LogP contribution in [0.5, 0.6) is 0 Å². The van der Waals surface area contributed by atoms with Crippen molar-refractivity contribution in [3.8, 4) is 0 Å². The molecule has 2 amide bonds. The van der Waals surface area contributed by atoms with Gasteiger partial charge in [0.05, 0.1) is 12.6 Å². The fourth-order valence-electron chi connectivity index (χ4n) is 5.87. The Morgan fingerprint density at radius 2 is 1.79 bits per heavy atom. The molecule has 0 bridgehead atoms. The van der Waals surface area contributed by atoms with Gasteiger partial charge in [-0.1, -0.05) is 42.7 Å². The van der Waals surface area contributed by atoms with Crippen molar-refractivity contribution >= 4 is 23.2 Å². The number of benzene rings is 1. The number of thiophene rings is 1. The molecule has 1 aromatic carbocycles. The monoisotopic (exact) mass is 465 g/mol. The lowest BCUT2D eigenvalue weighted by Gasteiger charge is -2.42. The highest BCUT2D eigenvalue weighted by molar-refractivity contribution is 7.10. The maximum Gasteiger partial charge on any atom is 0.236 e. The number of nitrogens with zero attached hydrogens (tertiary/aromatic N) is 3. The van der Waals surface area contributed by atoms with Crippen molar-refractivity contribution < 1.29 is 9.59 Å². The van der Waals surface area contributed by atoms with Gasteiger partial charge >= 0.3 is 0 Å². The number of amides is 2. The van der Waals surface area contributed by atoms with Crippen LogP contribution >= 0.6 is 11.3 Å². The maximum atomic E-state index is 13.4. The van der Waals surface area contributed by atoms with Crippen LogP contribution in [-0.4, -0.2) is 65.3 Å². The zero-order valence-corrected chi connectivity index (χ0v) is 20.7. The van der Waals surface area contributed by atoms with Crippen molar-refractivity contribution in [1.82, 2.24) is 14.7 Å². The summed E-state index contributed by atoms with van der Waals surface area (Å²) >= 11 is 1.83. The van der Waals surface area contributed by atoms with Crippen molar-refractivity contribution in [3.05, 3.63) is 57.3 Å². The number of carbonyl (C=O) groups is 2. The SMILES string of the molecule is Cc1ccc(C2c3ccsc3CCN2CC(=O)N2CCN(C(=O)C3CCCC3)C(C)C2)cc1. The van der Waals surface area contributed by atoms with E-state index in [9.17, 15) is 9.59 Å². The number of hydrogen-bond acceptors (Lipinski definition) is 4. The molecule has 1 saturated heterocycles. The fraction of sp³-hybridized carbons (Fsp3) is 0.556. The predicted octanol–water partition coefficient (Wildman–Crippen LogP) is 4.25. The molecule has 2 unspecified atom stereocenters. The van der Waals surface area contributed by atoms with Crippen molar-refractivity contribution in [2.75, 3.05) is 32.7 Å². The Bertz CT molecular complexity index is 995. The summed E-state index contributed by atoms with van der Waals surface area (Å²) in [6.07, 6.45) is 5.41. The average molecular weight is 466 g/mol. The molecule has 2 aliphatic heterocycles. The van der Waals surface area contributed by atoms with E-state index in [4.69, 9.17) is 0 Å². The van der Waals surface area contributed by atoms with Gasteiger partial charge < -0.3 is 9.80 Å². The highest BCUT2D eigenvalue weighted by Crippen LogP contribution is 2.38. The van der Waals surface area contributed by atoms with E-state index in [0.717, 1.165) is 25.8 Å². The summed E-state index contributed by atoms with van der Waals surface area (Å²) in [7, 11) is 0. The molecule has 0 N–H and O–H groups in total. The molecule has 2 fully saturated rings. The number of hydrogen-bond donors (Lipinski definition) is 0. The average Bonchev–Trinajstić information content (AvgIpc) is 3.51. The number of piperazine rings is 1. The maximum absolute atomic E-state index is 13.4. The molecular formula is C27H35N3O2S. The molecule has 1 aromatic heterocycles. The minimum Gasteiger partial charge on any atom is -0.338 e. The summed E-state index contributed by atoms with van der Waals surface area (Å²) in [5.74, 6) is 0.705. The van der Waals surface area contributed by atoms with E-state index in [-0.39, 0.29) is 23.9 Å². The summed E-state index contributed by atoms with van der Waals surface area (Å²) in [6, 6.07) is 11.2. The molecular weight excluding hydrogens is 430 g/mol. The number of carbonyl (C=O) groups excluding carboxylic acids is 2. The Morgan fingerprint density at radius 3 is 2.52 bits per heavy atom. The van der Waals surface area contributed by atoms with E-state index < -0.39 is 0 Å². The summed E-state index contributed by atoms with van der Waals surface area (Å²) in [4.78, 5) is 34.2. The second-order valence-corrected chi connectivity index (χ2v) is 11.0. The van der Waals surface area contributed by atoms with Gasteiger partial charge in [-0.25, -0.2) is 0 Å². The molecule has 176 valence electrons. The minimum absolute atomic E-state index is 0.0912. The van der Waals surface area contributed by atoms with Gasteiger partial charge in [-0.3, -0.25) is 14.5 Å². The van der Waals surface area contributed by atoms with E-state index in [1.807, 2.05) is 21.1 Å². The third-order valence-electron chi connectivity index (χ3n) is 7.76. The number of aryl methyl sites for hydroxylation is 1. The summed E-state index contributed by atoms with van der Waals surface area (Å²) in [5, 5.41) is 2.18. The molecule has 6 heteroatoms. The van der Waals surface area contributed by atoms with Gasteiger partial charge in [0.25, 0.3) is 0 Å². The second kappa shape index (κ2) is 9.59. The first-order chi connectivity index (χ1) is 16.0. The third kappa shape index (κ3) is 4.60. The fourth-order valence-corrected chi connectivity index (χ4v) is 6.77. The Morgan fingerprint density at radius 1 is 1.03 bits per heavy atom. The molecule has 3 aliphatic rings. The minimum atomic E-state index is 0.0912. The molecule has 3 heterocycles. The van der Waals surface area contributed by atoms with Gasteiger partial charge in [-0.2, -0.15) is 0 Å². The Kier molecular flexibility index (Phi) is 6.57. The zero-order valence-electron chi connectivity index (χ0n) is 19.8. The molecule has 5 rings (SSSR count). The van der Waals surface area contributed by atoms with E-state index in [1.54, 1.807) is 0 Å². The normalized spacial score (nSPS) is 24.2. The second-order valence-electron chi connectivity index (χ2n) is 10.0. The highest BCUT2D eigenvalue weighted by atomic mass is 32.1. The number of fused-ring (bicyclic) bond motifs is 1. The molecule has 33 heavy (non-hydrogen) atoms.